The van der Waals surface area contributed by atoms with E-state index in [0.717, 1.165) is 12.2 Å². The Bertz CT molecular complexity index is 507. The molecule has 0 N–H and O–H groups in total. The molecule has 0 aliphatic rings. The molecular formula is C18H21BrO. The van der Waals surface area contributed by atoms with Crippen molar-refractivity contribution in [1.82, 2.24) is 0 Å². The number of halogens is 1. The Morgan fingerprint density at radius 1 is 1.00 bits per heavy atom. The van der Waals surface area contributed by atoms with Gasteiger partial charge >= 0.3 is 0 Å². The summed E-state index contributed by atoms with van der Waals surface area (Å²) in [6.45, 7) is 5.07. The SMILES string of the molecule is CCC(Br)C(C)c1ccc(OCc2ccccc2)cc1. The van der Waals surface area contributed by atoms with E-state index in [4.69, 9.17) is 4.74 Å². The maximum Gasteiger partial charge on any atom is 0.119 e. The summed E-state index contributed by atoms with van der Waals surface area (Å²) in [5.74, 6) is 1.44. The van der Waals surface area contributed by atoms with E-state index in [1.165, 1.54) is 11.1 Å². The maximum atomic E-state index is 5.80. The van der Waals surface area contributed by atoms with E-state index in [-0.39, 0.29) is 0 Å². The molecule has 2 rings (SSSR count). The summed E-state index contributed by atoms with van der Waals surface area (Å²) >= 11 is 3.73. The van der Waals surface area contributed by atoms with Crippen LogP contribution in [-0.4, -0.2) is 4.83 Å². The van der Waals surface area contributed by atoms with Gasteiger partial charge in [-0.2, -0.15) is 0 Å². The lowest BCUT2D eigenvalue weighted by molar-refractivity contribution is 0.306. The molecule has 1 nitrogen and oxygen atoms in total. The quantitative estimate of drug-likeness (QED) is 0.631. The monoisotopic (exact) mass is 332 g/mol. The first-order chi connectivity index (χ1) is 9.70. The highest BCUT2D eigenvalue weighted by molar-refractivity contribution is 9.09. The zero-order valence-electron chi connectivity index (χ0n) is 12.1. The van der Waals surface area contributed by atoms with Crippen LogP contribution in [0.3, 0.4) is 0 Å². The molecule has 2 atom stereocenters. The molecule has 106 valence electrons. The Kier molecular flexibility index (Phi) is 5.66. The van der Waals surface area contributed by atoms with E-state index in [1.807, 2.05) is 18.2 Å². The summed E-state index contributed by atoms with van der Waals surface area (Å²) in [5, 5.41) is 0. The molecule has 0 saturated heterocycles. The predicted molar refractivity (Wildman–Crippen MR) is 88.6 cm³/mol. The van der Waals surface area contributed by atoms with Gasteiger partial charge in [0.1, 0.15) is 12.4 Å². The summed E-state index contributed by atoms with van der Waals surface area (Å²) < 4.78 is 5.80. The van der Waals surface area contributed by atoms with Gasteiger partial charge in [0.25, 0.3) is 0 Å². The summed E-state index contributed by atoms with van der Waals surface area (Å²) in [7, 11) is 0. The molecule has 0 saturated carbocycles. The lowest BCUT2D eigenvalue weighted by Crippen LogP contribution is -2.07. The summed E-state index contributed by atoms with van der Waals surface area (Å²) in [6.07, 6.45) is 1.13. The largest absolute Gasteiger partial charge is 0.489 e. The van der Waals surface area contributed by atoms with Crippen LogP contribution in [0.2, 0.25) is 0 Å². The van der Waals surface area contributed by atoms with E-state index < -0.39 is 0 Å². The van der Waals surface area contributed by atoms with Crippen LogP contribution in [0.1, 0.15) is 37.3 Å². The molecule has 0 spiro atoms. The second kappa shape index (κ2) is 7.49. The first-order valence-corrected chi connectivity index (χ1v) is 8.03. The lowest BCUT2D eigenvalue weighted by Gasteiger charge is -2.17. The van der Waals surface area contributed by atoms with E-state index in [1.54, 1.807) is 0 Å². The van der Waals surface area contributed by atoms with Crippen LogP contribution in [0, 0.1) is 0 Å². The number of hydrogen-bond donors (Lipinski definition) is 0. The fraction of sp³-hybridized carbons (Fsp3) is 0.333. The minimum absolute atomic E-state index is 0.517. The molecular weight excluding hydrogens is 312 g/mol. The van der Waals surface area contributed by atoms with Crippen LogP contribution in [0.25, 0.3) is 0 Å². The molecule has 0 aromatic heterocycles. The highest BCUT2D eigenvalue weighted by Gasteiger charge is 2.13. The standard InChI is InChI=1S/C18H21BrO/c1-3-18(19)14(2)16-9-11-17(12-10-16)20-13-15-7-5-4-6-8-15/h4-12,14,18H,3,13H2,1-2H3. The van der Waals surface area contributed by atoms with E-state index in [2.05, 4.69) is 66.2 Å². The summed E-state index contributed by atoms with van der Waals surface area (Å²) in [5.41, 5.74) is 2.54. The number of alkyl halides is 1. The summed E-state index contributed by atoms with van der Waals surface area (Å²) in [4.78, 5) is 0.526. The van der Waals surface area contributed by atoms with Crippen LogP contribution in [-0.2, 0) is 6.61 Å². The third-order valence-corrected chi connectivity index (χ3v) is 5.03. The lowest BCUT2D eigenvalue weighted by atomic mass is 9.96. The highest BCUT2D eigenvalue weighted by Crippen LogP contribution is 2.28. The molecule has 0 bridgehead atoms. The van der Waals surface area contributed by atoms with Crippen LogP contribution in [0.4, 0.5) is 0 Å². The average Bonchev–Trinajstić information content (AvgIpc) is 2.53. The first kappa shape index (κ1) is 15.1. The van der Waals surface area contributed by atoms with Crippen molar-refractivity contribution in [3.8, 4) is 5.75 Å². The van der Waals surface area contributed by atoms with E-state index in [9.17, 15) is 0 Å². The van der Waals surface area contributed by atoms with Crippen molar-refractivity contribution in [2.45, 2.75) is 37.6 Å². The second-order valence-corrected chi connectivity index (χ2v) is 6.23. The van der Waals surface area contributed by atoms with Crippen molar-refractivity contribution in [2.75, 3.05) is 0 Å². The molecule has 2 aromatic carbocycles. The van der Waals surface area contributed by atoms with Gasteiger partial charge in [0.05, 0.1) is 0 Å². The molecule has 0 aliphatic heterocycles. The smallest absolute Gasteiger partial charge is 0.119 e. The molecule has 0 radical (unpaired) electrons. The zero-order valence-corrected chi connectivity index (χ0v) is 13.6. The number of rotatable bonds is 6. The Balaban J connectivity index is 1.95. The van der Waals surface area contributed by atoms with Crippen LogP contribution < -0.4 is 4.74 Å². The molecule has 0 amide bonds. The zero-order chi connectivity index (χ0) is 14.4. The van der Waals surface area contributed by atoms with Crippen molar-refractivity contribution < 1.29 is 4.74 Å². The van der Waals surface area contributed by atoms with Gasteiger partial charge in [0.2, 0.25) is 0 Å². The number of ether oxygens (including phenoxy) is 1. The predicted octanol–water partition coefficient (Wildman–Crippen LogP) is 5.54. The Morgan fingerprint density at radius 2 is 1.65 bits per heavy atom. The van der Waals surface area contributed by atoms with Gasteiger partial charge in [-0.05, 0) is 35.6 Å². The highest BCUT2D eigenvalue weighted by atomic mass is 79.9. The topological polar surface area (TPSA) is 9.23 Å². The van der Waals surface area contributed by atoms with Gasteiger partial charge < -0.3 is 4.74 Å². The first-order valence-electron chi connectivity index (χ1n) is 7.11. The fourth-order valence-electron chi connectivity index (χ4n) is 2.17. The van der Waals surface area contributed by atoms with Crippen molar-refractivity contribution >= 4 is 15.9 Å². The Labute approximate surface area is 130 Å². The fourth-order valence-corrected chi connectivity index (χ4v) is 2.48. The maximum absolute atomic E-state index is 5.80. The van der Waals surface area contributed by atoms with Gasteiger partial charge in [-0.25, -0.2) is 0 Å². The Hall–Kier alpha value is -1.28. The molecule has 2 aromatic rings. The van der Waals surface area contributed by atoms with Gasteiger partial charge in [-0.1, -0.05) is 72.2 Å². The third kappa shape index (κ3) is 4.11. The minimum atomic E-state index is 0.517. The second-order valence-electron chi connectivity index (χ2n) is 5.06. The van der Waals surface area contributed by atoms with Crippen molar-refractivity contribution in [3.63, 3.8) is 0 Å². The Morgan fingerprint density at radius 3 is 2.25 bits per heavy atom. The molecule has 20 heavy (non-hydrogen) atoms. The minimum Gasteiger partial charge on any atom is -0.489 e. The van der Waals surface area contributed by atoms with Crippen LogP contribution >= 0.6 is 15.9 Å². The molecule has 0 fully saturated rings. The third-order valence-electron chi connectivity index (χ3n) is 3.59. The molecule has 2 unspecified atom stereocenters. The normalized spacial score (nSPS) is 13.8. The molecule has 2 heteroatoms. The number of hydrogen-bond acceptors (Lipinski definition) is 1. The molecule has 0 aliphatic carbocycles. The van der Waals surface area contributed by atoms with Crippen LogP contribution in [0.15, 0.2) is 54.6 Å². The van der Waals surface area contributed by atoms with Crippen molar-refractivity contribution in [1.29, 1.82) is 0 Å². The summed E-state index contributed by atoms with van der Waals surface area (Å²) in [6, 6.07) is 18.7. The van der Waals surface area contributed by atoms with Gasteiger partial charge in [0.15, 0.2) is 0 Å². The van der Waals surface area contributed by atoms with E-state index in [0.29, 0.717) is 17.4 Å². The van der Waals surface area contributed by atoms with E-state index >= 15 is 0 Å². The van der Waals surface area contributed by atoms with Gasteiger partial charge in [-0.3, -0.25) is 0 Å². The molecule has 0 heterocycles. The van der Waals surface area contributed by atoms with Crippen molar-refractivity contribution in [3.05, 3.63) is 65.7 Å². The van der Waals surface area contributed by atoms with Crippen molar-refractivity contribution in [2.24, 2.45) is 0 Å². The van der Waals surface area contributed by atoms with Gasteiger partial charge in [-0.15, -0.1) is 0 Å². The van der Waals surface area contributed by atoms with Crippen LogP contribution in [0.5, 0.6) is 5.75 Å². The van der Waals surface area contributed by atoms with Gasteiger partial charge in [0, 0.05) is 4.83 Å². The number of benzene rings is 2. The average molecular weight is 333 g/mol.